The van der Waals surface area contributed by atoms with Gasteiger partial charge in [0.05, 0.1) is 22.3 Å². The summed E-state index contributed by atoms with van der Waals surface area (Å²) in [5.41, 5.74) is 7.50. The third kappa shape index (κ3) is 6.24. The van der Waals surface area contributed by atoms with Crippen molar-refractivity contribution in [3.63, 3.8) is 0 Å². The normalized spacial score (nSPS) is 14.3. The van der Waals surface area contributed by atoms with Gasteiger partial charge < -0.3 is 15.2 Å². The van der Waals surface area contributed by atoms with Crippen LogP contribution in [0, 0.1) is 11.3 Å². The summed E-state index contributed by atoms with van der Waals surface area (Å²) >= 11 is 0. The van der Waals surface area contributed by atoms with Crippen LogP contribution >= 0.6 is 0 Å². The molecule has 3 aromatic carbocycles. The monoisotopic (exact) mass is 571 g/mol. The molecular weight excluding hydrogens is 534 g/mol. The number of fused-ring (bicyclic) bond motifs is 1. The smallest absolute Gasteiger partial charge is 0.326 e. The second-order valence-corrected chi connectivity index (χ2v) is 11.5. The van der Waals surface area contributed by atoms with Gasteiger partial charge in [-0.2, -0.15) is 5.26 Å². The van der Waals surface area contributed by atoms with Crippen LogP contribution in [0.3, 0.4) is 0 Å². The number of aromatic nitrogens is 3. The lowest BCUT2D eigenvalue weighted by atomic mass is 9.96. The fourth-order valence-corrected chi connectivity index (χ4v) is 5.99. The van der Waals surface area contributed by atoms with E-state index in [-0.39, 0.29) is 11.7 Å². The van der Waals surface area contributed by atoms with Crippen LogP contribution in [0.15, 0.2) is 89.7 Å². The van der Waals surface area contributed by atoms with Crippen molar-refractivity contribution in [2.75, 3.05) is 45.6 Å². The first kappa shape index (κ1) is 28.4. The van der Waals surface area contributed by atoms with E-state index in [1.165, 1.54) is 5.56 Å². The average Bonchev–Trinajstić information content (AvgIpc) is 3.37. The summed E-state index contributed by atoms with van der Waals surface area (Å²) in [6.45, 7) is 4.28. The number of nitriles is 1. The van der Waals surface area contributed by atoms with E-state index in [1.54, 1.807) is 0 Å². The fourth-order valence-electron chi connectivity index (χ4n) is 5.99. The Morgan fingerprint density at radius 3 is 2.42 bits per heavy atom. The van der Waals surface area contributed by atoms with Gasteiger partial charge in [0.25, 0.3) is 0 Å². The molecule has 43 heavy (non-hydrogen) atoms. The van der Waals surface area contributed by atoms with Crippen molar-refractivity contribution < 1.29 is 0 Å². The van der Waals surface area contributed by atoms with Crippen molar-refractivity contribution in [1.29, 1.82) is 5.26 Å². The molecule has 8 heteroatoms. The first-order chi connectivity index (χ1) is 21.0. The topological polar surface area (TPSA) is 93.0 Å². The van der Waals surface area contributed by atoms with Crippen LogP contribution in [-0.4, -0.2) is 64.6 Å². The summed E-state index contributed by atoms with van der Waals surface area (Å²) in [5.74, 6) is 0.611. The van der Waals surface area contributed by atoms with Crippen LogP contribution < -0.4 is 11.0 Å². The van der Waals surface area contributed by atoms with Gasteiger partial charge in [0, 0.05) is 49.9 Å². The molecular formula is C35H37N7O. The molecule has 0 spiro atoms. The molecule has 0 radical (unpaired) electrons. The maximum absolute atomic E-state index is 12.7. The lowest BCUT2D eigenvalue weighted by Gasteiger charge is -2.32. The third-order valence-corrected chi connectivity index (χ3v) is 8.26. The maximum atomic E-state index is 12.7. The molecule has 0 saturated carbocycles. The molecule has 1 aliphatic heterocycles. The zero-order chi connectivity index (χ0) is 29.8. The Morgan fingerprint density at radius 1 is 0.977 bits per heavy atom. The molecule has 8 nitrogen and oxygen atoms in total. The van der Waals surface area contributed by atoms with E-state index in [0.29, 0.717) is 17.9 Å². The number of hydrogen-bond donors (Lipinski definition) is 2. The van der Waals surface area contributed by atoms with E-state index in [4.69, 9.17) is 4.98 Å². The van der Waals surface area contributed by atoms with Crippen molar-refractivity contribution in [1.82, 2.24) is 24.3 Å². The third-order valence-electron chi connectivity index (χ3n) is 8.26. The Bertz CT molecular complexity index is 1790. The van der Waals surface area contributed by atoms with E-state index < -0.39 is 0 Å². The summed E-state index contributed by atoms with van der Waals surface area (Å²) in [5, 5.41) is 13.3. The number of H-pyrrole nitrogens is 1. The van der Waals surface area contributed by atoms with Crippen molar-refractivity contribution in [2.45, 2.75) is 25.4 Å². The molecule has 1 fully saturated rings. The lowest BCUT2D eigenvalue weighted by molar-refractivity contribution is 0.180. The Hall–Kier alpha value is -4.71. The minimum atomic E-state index is -0.0161. The van der Waals surface area contributed by atoms with Crippen LogP contribution in [-0.2, 0) is 6.54 Å². The van der Waals surface area contributed by atoms with Gasteiger partial charge in [-0.1, -0.05) is 66.7 Å². The van der Waals surface area contributed by atoms with Crippen molar-refractivity contribution in [2.24, 2.45) is 0 Å². The zero-order valence-electron chi connectivity index (χ0n) is 24.8. The number of piperidine rings is 1. The molecule has 1 saturated heterocycles. The summed E-state index contributed by atoms with van der Waals surface area (Å²) in [6.07, 6.45) is 1.89. The SMILES string of the molecule is CN(C)CCNc1nc(-c2ccc(CN3CCC(n4c(=O)[nH]c5ccccc54)CC3)cc2)c(-c2ccccc2)cc1C#N. The Morgan fingerprint density at radius 2 is 1.70 bits per heavy atom. The number of benzene rings is 3. The summed E-state index contributed by atoms with van der Waals surface area (Å²) in [7, 11) is 4.05. The number of nitrogens with zero attached hydrogens (tertiary/aromatic N) is 5. The molecule has 0 atom stereocenters. The first-order valence-corrected chi connectivity index (χ1v) is 14.9. The Kier molecular flexibility index (Phi) is 8.36. The van der Waals surface area contributed by atoms with Gasteiger partial charge in [0.1, 0.15) is 11.9 Å². The highest BCUT2D eigenvalue weighted by Gasteiger charge is 2.24. The van der Waals surface area contributed by atoms with E-state index >= 15 is 0 Å². The number of imidazole rings is 1. The van der Waals surface area contributed by atoms with Gasteiger partial charge >= 0.3 is 5.69 Å². The molecule has 6 rings (SSSR count). The van der Waals surface area contributed by atoms with E-state index in [2.05, 4.69) is 62.6 Å². The standard InChI is InChI=1S/C35H37N7O/c1-40(2)21-18-37-34-28(23-36)22-30(26-8-4-3-5-9-26)33(39-34)27-14-12-25(13-15-27)24-41-19-16-29(17-20-41)42-32-11-7-6-10-31(32)38-35(42)43/h3-15,22,29H,16-21,24H2,1-2H3,(H,37,39)(H,38,43). The summed E-state index contributed by atoms with van der Waals surface area (Å²) in [6, 6.07) is 31.2. The largest absolute Gasteiger partial charge is 0.368 e. The van der Waals surface area contributed by atoms with Crippen LogP contribution in [0.2, 0.25) is 0 Å². The van der Waals surface area contributed by atoms with Gasteiger partial charge in [-0.15, -0.1) is 0 Å². The van der Waals surface area contributed by atoms with Gasteiger partial charge in [-0.3, -0.25) is 9.47 Å². The molecule has 3 heterocycles. The molecule has 2 aromatic heterocycles. The molecule has 0 unspecified atom stereocenters. The van der Waals surface area contributed by atoms with Crippen LogP contribution in [0.4, 0.5) is 5.82 Å². The molecule has 2 N–H and O–H groups in total. The lowest BCUT2D eigenvalue weighted by Crippen LogP contribution is -2.36. The number of pyridine rings is 1. The van der Waals surface area contributed by atoms with Crippen molar-refractivity contribution in [3.8, 4) is 28.5 Å². The number of hydrogen-bond acceptors (Lipinski definition) is 6. The van der Waals surface area contributed by atoms with Crippen LogP contribution in [0.1, 0.15) is 30.0 Å². The number of aromatic amines is 1. The number of rotatable bonds is 9. The first-order valence-electron chi connectivity index (χ1n) is 14.9. The fraction of sp³-hybridized carbons (Fsp3) is 0.286. The number of nitrogens with one attached hydrogen (secondary N) is 2. The zero-order valence-corrected chi connectivity index (χ0v) is 24.8. The summed E-state index contributed by atoms with van der Waals surface area (Å²) in [4.78, 5) is 25.2. The molecule has 0 amide bonds. The van der Waals surface area contributed by atoms with Gasteiger partial charge in [0.15, 0.2) is 0 Å². The molecule has 218 valence electrons. The number of anilines is 1. The van der Waals surface area contributed by atoms with Crippen LogP contribution in [0.5, 0.6) is 0 Å². The Balaban J connectivity index is 1.19. The summed E-state index contributed by atoms with van der Waals surface area (Å²) < 4.78 is 1.94. The molecule has 1 aliphatic rings. The van der Waals surface area contributed by atoms with E-state index in [0.717, 1.165) is 72.4 Å². The number of likely N-dealkylation sites (tertiary alicyclic amines) is 1. The predicted molar refractivity (Wildman–Crippen MR) is 173 cm³/mol. The highest BCUT2D eigenvalue weighted by molar-refractivity contribution is 5.84. The highest BCUT2D eigenvalue weighted by Crippen LogP contribution is 2.34. The van der Waals surface area contributed by atoms with Gasteiger partial charge in [-0.25, -0.2) is 9.78 Å². The van der Waals surface area contributed by atoms with Gasteiger partial charge in [-0.05, 0) is 56.3 Å². The highest BCUT2D eigenvalue weighted by atomic mass is 16.1. The number of likely N-dealkylation sites (N-methyl/N-ethyl adjacent to an activating group) is 1. The minimum absolute atomic E-state index is 0.0161. The Labute approximate surface area is 252 Å². The average molecular weight is 572 g/mol. The minimum Gasteiger partial charge on any atom is -0.368 e. The van der Waals surface area contributed by atoms with Gasteiger partial charge in [0.2, 0.25) is 0 Å². The van der Waals surface area contributed by atoms with Crippen molar-refractivity contribution >= 4 is 16.9 Å². The van der Waals surface area contributed by atoms with E-state index in [1.807, 2.05) is 67.2 Å². The molecule has 5 aromatic rings. The maximum Gasteiger partial charge on any atom is 0.326 e. The van der Waals surface area contributed by atoms with Crippen LogP contribution in [0.25, 0.3) is 33.4 Å². The molecule has 0 aliphatic carbocycles. The second-order valence-electron chi connectivity index (χ2n) is 11.5. The van der Waals surface area contributed by atoms with Crippen molar-refractivity contribution in [3.05, 3.63) is 107 Å². The number of para-hydroxylation sites is 2. The predicted octanol–water partition coefficient (Wildman–Crippen LogP) is 5.74. The van der Waals surface area contributed by atoms with E-state index in [9.17, 15) is 10.1 Å². The molecule has 0 bridgehead atoms. The quantitative estimate of drug-likeness (QED) is 0.234. The second kappa shape index (κ2) is 12.7.